The second-order valence-corrected chi connectivity index (χ2v) is 10.3. The van der Waals surface area contributed by atoms with Crippen molar-refractivity contribution in [2.24, 2.45) is 29.6 Å². The van der Waals surface area contributed by atoms with E-state index in [0.717, 1.165) is 17.9 Å². The number of carbonyl (C=O) groups is 3. The van der Waals surface area contributed by atoms with E-state index in [4.69, 9.17) is 9.47 Å². The lowest BCUT2D eigenvalue weighted by Crippen LogP contribution is -2.27. The summed E-state index contributed by atoms with van der Waals surface area (Å²) in [6, 6.07) is 0. The van der Waals surface area contributed by atoms with Crippen LogP contribution in [0.3, 0.4) is 0 Å². The van der Waals surface area contributed by atoms with Crippen LogP contribution in [0.1, 0.15) is 87.0 Å². The highest BCUT2D eigenvalue weighted by molar-refractivity contribution is 5.88. The minimum Gasteiger partial charge on any atom is -0.478 e. The Kier molecular flexibility index (Phi) is 12.5. The average Bonchev–Trinajstić information content (AvgIpc) is 3.10. The molecule has 1 saturated heterocycles. The number of ether oxygens (including phenoxy) is 2. The Morgan fingerprint density at radius 3 is 2.24 bits per heavy atom. The molecular formula is C27H44O6. The molecular weight excluding hydrogens is 420 g/mol. The van der Waals surface area contributed by atoms with Crippen LogP contribution in [0.25, 0.3) is 0 Å². The van der Waals surface area contributed by atoms with Gasteiger partial charge in [0.05, 0.1) is 12.5 Å². The second kappa shape index (κ2) is 14.2. The first kappa shape index (κ1) is 28.9. The molecule has 0 aromatic rings. The molecule has 6 heteroatoms. The van der Waals surface area contributed by atoms with E-state index in [2.05, 4.69) is 40.7 Å². The molecule has 1 rings (SSSR count). The monoisotopic (exact) mass is 464 g/mol. The van der Waals surface area contributed by atoms with Crippen LogP contribution in [0, 0.1) is 29.6 Å². The molecule has 1 N–H and O–H groups in total. The van der Waals surface area contributed by atoms with Gasteiger partial charge in [-0.1, -0.05) is 59.6 Å². The zero-order valence-electron chi connectivity index (χ0n) is 21.6. The van der Waals surface area contributed by atoms with Crippen LogP contribution in [0.4, 0.5) is 0 Å². The van der Waals surface area contributed by atoms with Gasteiger partial charge >= 0.3 is 17.9 Å². The zero-order chi connectivity index (χ0) is 25.1. The lowest BCUT2D eigenvalue weighted by atomic mass is 9.84. The molecule has 188 valence electrons. The fourth-order valence-corrected chi connectivity index (χ4v) is 4.67. The highest BCUT2D eigenvalue weighted by atomic mass is 16.6. The number of carbonyl (C=O) groups excluding carboxylic acids is 2. The van der Waals surface area contributed by atoms with Gasteiger partial charge in [-0.15, -0.1) is 0 Å². The van der Waals surface area contributed by atoms with E-state index in [1.54, 1.807) is 13.0 Å². The Morgan fingerprint density at radius 2 is 1.70 bits per heavy atom. The molecule has 0 aromatic carbocycles. The maximum Gasteiger partial charge on any atom is 0.347 e. The molecule has 0 aliphatic carbocycles. The first-order valence-electron chi connectivity index (χ1n) is 12.4. The number of allylic oxidation sites excluding steroid dienone is 3. The van der Waals surface area contributed by atoms with E-state index in [9.17, 15) is 19.5 Å². The predicted octanol–water partition coefficient (Wildman–Crippen LogP) is 5.95. The lowest BCUT2D eigenvalue weighted by Gasteiger charge is -2.21. The van der Waals surface area contributed by atoms with E-state index in [0.29, 0.717) is 24.2 Å². The normalized spacial score (nSPS) is 21.7. The maximum atomic E-state index is 12.3. The largest absolute Gasteiger partial charge is 0.478 e. The summed E-state index contributed by atoms with van der Waals surface area (Å²) in [4.78, 5) is 35.6. The van der Waals surface area contributed by atoms with Gasteiger partial charge in [-0.3, -0.25) is 4.79 Å². The Morgan fingerprint density at radius 1 is 1.09 bits per heavy atom. The number of aliphatic carboxylic acids is 1. The summed E-state index contributed by atoms with van der Waals surface area (Å²) in [5, 5.41) is 9.63. The van der Waals surface area contributed by atoms with Crippen LogP contribution in [-0.4, -0.2) is 35.7 Å². The second-order valence-electron chi connectivity index (χ2n) is 10.3. The van der Waals surface area contributed by atoms with Crippen molar-refractivity contribution < 1.29 is 29.0 Å². The topological polar surface area (TPSA) is 89.9 Å². The van der Waals surface area contributed by atoms with E-state index in [1.165, 1.54) is 19.3 Å². The van der Waals surface area contributed by atoms with E-state index in [1.807, 2.05) is 6.92 Å². The smallest absolute Gasteiger partial charge is 0.347 e. The Bertz CT molecular complexity index is 722. The number of carboxylic acid groups (broad SMARTS) is 1. The van der Waals surface area contributed by atoms with Gasteiger partial charge in [0.2, 0.25) is 6.10 Å². The first-order chi connectivity index (χ1) is 15.4. The Hall–Kier alpha value is -2.11. The number of carboxylic acids is 1. The van der Waals surface area contributed by atoms with Crippen LogP contribution < -0.4 is 0 Å². The summed E-state index contributed by atoms with van der Waals surface area (Å²) >= 11 is 0. The van der Waals surface area contributed by atoms with Crippen molar-refractivity contribution >= 4 is 17.9 Å². The van der Waals surface area contributed by atoms with Crippen molar-refractivity contribution in [3.8, 4) is 0 Å². The molecule has 0 spiro atoms. The minimum absolute atomic E-state index is 0.0407. The van der Waals surface area contributed by atoms with Crippen molar-refractivity contribution in [2.45, 2.75) is 93.1 Å². The zero-order valence-corrected chi connectivity index (χ0v) is 21.6. The lowest BCUT2D eigenvalue weighted by molar-refractivity contribution is -0.162. The summed E-state index contributed by atoms with van der Waals surface area (Å²) in [7, 11) is 0. The van der Waals surface area contributed by atoms with Crippen molar-refractivity contribution in [2.75, 3.05) is 6.61 Å². The average molecular weight is 465 g/mol. The number of rotatable bonds is 14. The molecule has 6 nitrogen and oxygen atoms in total. The van der Waals surface area contributed by atoms with Crippen molar-refractivity contribution in [1.29, 1.82) is 0 Å². The Balaban J connectivity index is 2.66. The highest BCUT2D eigenvalue weighted by Crippen LogP contribution is 2.26. The van der Waals surface area contributed by atoms with Gasteiger partial charge in [0.1, 0.15) is 0 Å². The number of hydrogen-bond donors (Lipinski definition) is 1. The molecule has 5 unspecified atom stereocenters. The van der Waals surface area contributed by atoms with E-state index < -0.39 is 29.9 Å². The van der Waals surface area contributed by atoms with Gasteiger partial charge in [0.25, 0.3) is 0 Å². The van der Waals surface area contributed by atoms with Gasteiger partial charge in [-0.25, -0.2) is 9.59 Å². The fraction of sp³-hybridized carbons (Fsp3) is 0.741. The SMILES string of the molecule is CCC(C)CC(C)CC(C)CC(C)/C=C(C)/C=C(/CC(C)C(=O)O[C@@H]1CCOC1=O)C(=O)O. The fourth-order valence-electron chi connectivity index (χ4n) is 4.67. The molecule has 1 aliphatic heterocycles. The molecule has 1 heterocycles. The van der Waals surface area contributed by atoms with Crippen molar-refractivity contribution in [3.63, 3.8) is 0 Å². The summed E-state index contributed by atoms with van der Waals surface area (Å²) in [5.74, 6) is -0.445. The van der Waals surface area contributed by atoms with Crippen LogP contribution in [0.2, 0.25) is 0 Å². The molecule has 33 heavy (non-hydrogen) atoms. The first-order valence-corrected chi connectivity index (χ1v) is 12.4. The molecule has 0 radical (unpaired) electrons. The summed E-state index contributed by atoms with van der Waals surface area (Å²) < 4.78 is 9.99. The molecule has 0 bridgehead atoms. The van der Waals surface area contributed by atoms with Gasteiger partial charge in [-0.2, -0.15) is 0 Å². The van der Waals surface area contributed by atoms with Crippen LogP contribution in [0.5, 0.6) is 0 Å². The Labute approximate surface area is 199 Å². The third-order valence-corrected chi connectivity index (χ3v) is 6.38. The van der Waals surface area contributed by atoms with E-state index in [-0.39, 0.29) is 18.6 Å². The third kappa shape index (κ3) is 11.0. The van der Waals surface area contributed by atoms with Crippen LogP contribution >= 0.6 is 0 Å². The molecule has 6 atom stereocenters. The third-order valence-electron chi connectivity index (χ3n) is 6.38. The van der Waals surface area contributed by atoms with Crippen molar-refractivity contribution in [1.82, 2.24) is 0 Å². The summed E-state index contributed by atoms with van der Waals surface area (Å²) in [5.41, 5.74) is 1.03. The molecule has 0 saturated carbocycles. The van der Waals surface area contributed by atoms with Gasteiger partial charge in [-0.05, 0) is 62.4 Å². The number of cyclic esters (lactones) is 1. The molecule has 1 fully saturated rings. The summed E-state index contributed by atoms with van der Waals surface area (Å²) in [6.45, 7) is 15.1. The minimum atomic E-state index is -1.05. The molecule has 1 aliphatic rings. The number of hydrogen-bond acceptors (Lipinski definition) is 5. The predicted molar refractivity (Wildman–Crippen MR) is 130 cm³/mol. The van der Waals surface area contributed by atoms with Gasteiger partial charge < -0.3 is 14.6 Å². The highest BCUT2D eigenvalue weighted by Gasteiger charge is 2.32. The maximum absolute atomic E-state index is 12.3. The van der Waals surface area contributed by atoms with Crippen LogP contribution in [-0.2, 0) is 23.9 Å². The number of esters is 2. The standard InChI is InChI=1S/C27H44O6/c1-8-17(2)11-18(3)12-19(4)13-20(5)14-21(6)15-23(25(28)29)16-22(7)26(30)33-24-9-10-32-27(24)31/h14-15,17-20,22,24H,8-13,16H2,1-7H3,(H,28,29)/b21-14+,23-15-/t17?,18?,19?,20?,22?,24-/m1/s1. The van der Waals surface area contributed by atoms with Crippen molar-refractivity contribution in [3.05, 3.63) is 23.3 Å². The summed E-state index contributed by atoms with van der Waals surface area (Å²) in [6.07, 6.45) is 7.99. The van der Waals surface area contributed by atoms with Gasteiger partial charge in [0.15, 0.2) is 0 Å². The van der Waals surface area contributed by atoms with Crippen LogP contribution in [0.15, 0.2) is 23.3 Å². The molecule has 0 amide bonds. The van der Waals surface area contributed by atoms with E-state index >= 15 is 0 Å². The van der Waals surface area contributed by atoms with Gasteiger partial charge in [0, 0.05) is 12.0 Å². The quantitative estimate of drug-likeness (QED) is 0.194. The molecule has 0 aromatic heterocycles.